The van der Waals surface area contributed by atoms with Crippen molar-refractivity contribution < 1.29 is 19.1 Å². The molecule has 0 fully saturated rings. The minimum absolute atomic E-state index is 0.136. The van der Waals surface area contributed by atoms with Crippen molar-refractivity contribution in [2.45, 2.75) is 26.1 Å². The highest BCUT2D eigenvalue weighted by atomic mass is 16.5. The maximum Gasteiger partial charge on any atom is 0.268 e. The van der Waals surface area contributed by atoms with E-state index in [0.29, 0.717) is 17.2 Å². The Labute approximate surface area is 152 Å². The van der Waals surface area contributed by atoms with Gasteiger partial charge < -0.3 is 19.7 Å². The summed E-state index contributed by atoms with van der Waals surface area (Å²) in [6.07, 6.45) is -1.46. The van der Waals surface area contributed by atoms with Gasteiger partial charge in [-0.25, -0.2) is 0 Å². The van der Waals surface area contributed by atoms with Crippen LogP contribution in [-0.2, 0) is 9.59 Å². The lowest BCUT2D eigenvalue weighted by molar-refractivity contribution is -0.129. The number of rotatable bonds is 4. The number of para-hydroxylation sites is 2. The fourth-order valence-electron chi connectivity index (χ4n) is 2.83. The van der Waals surface area contributed by atoms with E-state index in [-0.39, 0.29) is 18.4 Å². The smallest absolute Gasteiger partial charge is 0.268 e. The fraction of sp³-hybridized carbons (Fsp3) is 0.300. The number of amides is 2. The standard InChI is InChI=1S/C20H22N2O4/c1-13-8-10-15(11-9-13)25-14(2)20(24)22-12-18(19(23)21-3)26-17-7-5-4-6-16(17)22/h4-11,14,18H,12H2,1-3H3,(H,21,23). The molecule has 0 spiro atoms. The van der Waals surface area contributed by atoms with Gasteiger partial charge in [-0.1, -0.05) is 29.8 Å². The molecule has 1 heterocycles. The van der Waals surface area contributed by atoms with Gasteiger partial charge in [-0.3, -0.25) is 9.59 Å². The fourth-order valence-corrected chi connectivity index (χ4v) is 2.83. The lowest BCUT2D eigenvalue weighted by Crippen LogP contribution is -2.52. The van der Waals surface area contributed by atoms with Crippen LogP contribution in [-0.4, -0.2) is 37.6 Å². The van der Waals surface area contributed by atoms with Gasteiger partial charge in [0.15, 0.2) is 12.2 Å². The second-order valence-electron chi connectivity index (χ2n) is 6.21. The van der Waals surface area contributed by atoms with Gasteiger partial charge in [0.2, 0.25) is 0 Å². The van der Waals surface area contributed by atoms with Crippen LogP contribution >= 0.6 is 0 Å². The van der Waals surface area contributed by atoms with Crippen molar-refractivity contribution in [1.82, 2.24) is 5.32 Å². The van der Waals surface area contributed by atoms with Gasteiger partial charge in [-0.05, 0) is 38.1 Å². The van der Waals surface area contributed by atoms with Gasteiger partial charge in [0.25, 0.3) is 11.8 Å². The molecule has 0 bridgehead atoms. The molecule has 1 aliphatic heterocycles. The lowest BCUT2D eigenvalue weighted by Gasteiger charge is -2.35. The second kappa shape index (κ2) is 7.47. The maximum absolute atomic E-state index is 13.0. The van der Waals surface area contributed by atoms with E-state index in [1.54, 1.807) is 37.1 Å². The normalized spacial score (nSPS) is 16.9. The largest absolute Gasteiger partial charge is 0.481 e. The molecule has 0 saturated carbocycles. The number of hydrogen-bond acceptors (Lipinski definition) is 4. The molecule has 0 saturated heterocycles. The summed E-state index contributed by atoms with van der Waals surface area (Å²) < 4.78 is 11.5. The third-order valence-electron chi connectivity index (χ3n) is 4.26. The molecule has 0 aliphatic carbocycles. The van der Waals surface area contributed by atoms with E-state index in [2.05, 4.69) is 5.32 Å². The van der Waals surface area contributed by atoms with Crippen molar-refractivity contribution in [3.8, 4) is 11.5 Å². The SMILES string of the molecule is CNC(=O)C1CN(C(=O)C(C)Oc2ccc(C)cc2)c2ccccc2O1. The first kappa shape index (κ1) is 17.8. The molecule has 0 aromatic heterocycles. The van der Waals surface area contributed by atoms with Crippen molar-refractivity contribution in [2.75, 3.05) is 18.5 Å². The van der Waals surface area contributed by atoms with Crippen LogP contribution in [0, 0.1) is 6.92 Å². The van der Waals surface area contributed by atoms with Crippen LogP contribution in [0.2, 0.25) is 0 Å². The first-order valence-electron chi connectivity index (χ1n) is 8.51. The van der Waals surface area contributed by atoms with Crippen LogP contribution in [0.25, 0.3) is 0 Å². The molecule has 0 radical (unpaired) electrons. The van der Waals surface area contributed by atoms with Crippen LogP contribution in [0.1, 0.15) is 12.5 Å². The van der Waals surface area contributed by atoms with E-state index in [1.165, 1.54) is 0 Å². The maximum atomic E-state index is 13.0. The van der Waals surface area contributed by atoms with E-state index in [1.807, 2.05) is 37.3 Å². The molecule has 2 aromatic carbocycles. The van der Waals surface area contributed by atoms with Crippen molar-refractivity contribution in [3.05, 3.63) is 54.1 Å². The average Bonchev–Trinajstić information content (AvgIpc) is 2.67. The van der Waals surface area contributed by atoms with Gasteiger partial charge in [0, 0.05) is 7.05 Å². The van der Waals surface area contributed by atoms with E-state index in [0.717, 1.165) is 5.56 Å². The molecule has 6 heteroatoms. The van der Waals surface area contributed by atoms with Crippen molar-refractivity contribution in [1.29, 1.82) is 0 Å². The topological polar surface area (TPSA) is 67.9 Å². The van der Waals surface area contributed by atoms with Gasteiger partial charge >= 0.3 is 0 Å². The molecule has 3 rings (SSSR count). The number of fused-ring (bicyclic) bond motifs is 1. The highest BCUT2D eigenvalue weighted by Crippen LogP contribution is 2.33. The number of likely N-dealkylation sites (N-methyl/N-ethyl adjacent to an activating group) is 1. The number of aryl methyl sites for hydroxylation is 1. The van der Waals surface area contributed by atoms with Crippen LogP contribution in [0.15, 0.2) is 48.5 Å². The van der Waals surface area contributed by atoms with Gasteiger partial charge in [0.05, 0.1) is 12.2 Å². The highest BCUT2D eigenvalue weighted by Gasteiger charge is 2.35. The van der Waals surface area contributed by atoms with Crippen molar-refractivity contribution in [3.63, 3.8) is 0 Å². The summed E-state index contributed by atoms with van der Waals surface area (Å²) in [7, 11) is 1.54. The molecule has 1 aliphatic rings. The quantitative estimate of drug-likeness (QED) is 0.915. The van der Waals surface area contributed by atoms with Crippen LogP contribution in [0.5, 0.6) is 11.5 Å². The Bertz CT molecular complexity index is 804. The Kier molecular flexibility index (Phi) is 5.11. The van der Waals surface area contributed by atoms with Gasteiger partial charge in [-0.2, -0.15) is 0 Å². The Balaban J connectivity index is 1.82. The van der Waals surface area contributed by atoms with E-state index >= 15 is 0 Å². The second-order valence-corrected chi connectivity index (χ2v) is 6.21. The Morgan fingerprint density at radius 2 is 1.88 bits per heavy atom. The molecule has 2 atom stereocenters. The predicted molar refractivity (Wildman–Crippen MR) is 98.5 cm³/mol. The third-order valence-corrected chi connectivity index (χ3v) is 4.26. The molecule has 2 amide bonds. The predicted octanol–water partition coefficient (Wildman–Crippen LogP) is 2.30. The number of nitrogens with one attached hydrogen (secondary N) is 1. The van der Waals surface area contributed by atoms with E-state index in [4.69, 9.17) is 9.47 Å². The number of benzene rings is 2. The number of carbonyl (C=O) groups excluding carboxylic acids is 2. The molecular formula is C20H22N2O4. The summed E-state index contributed by atoms with van der Waals surface area (Å²) in [5.41, 5.74) is 1.75. The molecule has 26 heavy (non-hydrogen) atoms. The zero-order valence-corrected chi connectivity index (χ0v) is 15.1. The van der Waals surface area contributed by atoms with Crippen LogP contribution in [0.4, 0.5) is 5.69 Å². The number of nitrogens with zero attached hydrogens (tertiary/aromatic N) is 1. The highest BCUT2D eigenvalue weighted by molar-refractivity contribution is 5.99. The first-order chi connectivity index (χ1) is 12.5. The Morgan fingerprint density at radius 3 is 2.58 bits per heavy atom. The number of ether oxygens (including phenoxy) is 2. The summed E-state index contributed by atoms with van der Waals surface area (Å²) in [5, 5.41) is 2.57. The summed E-state index contributed by atoms with van der Waals surface area (Å²) in [4.78, 5) is 26.6. The molecule has 6 nitrogen and oxygen atoms in total. The van der Waals surface area contributed by atoms with Crippen LogP contribution < -0.4 is 19.7 Å². The molecule has 136 valence electrons. The lowest BCUT2D eigenvalue weighted by atomic mass is 10.1. The third kappa shape index (κ3) is 3.64. The molecule has 2 aromatic rings. The Hall–Kier alpha value is -3.02. The minimum Gasteiger partial charge on any atom is -0.481 e. The average molecular weight is 354 g/mol. The monoisotopic (exact) mass is 354 g/mol. The zero-order valence-electron chi connectivity index (χ0n) is 15.1. The summed E-state index contributed by atoms with van der Waals surface area (Å²) in [6, 6.07) is 14.7. The molecule has 2 unspecified atom stereocenters. The van der Waals surface area contributed by atoms with Gasteiger partial charge in [0.1, 0.15) is 11.5 Å². The number of hydrogen-bond donors (Lipinski definition) is 1. The van der Waals surface area contributed by atoms with Crippen LogP contribution in [0.3, 0.4) is 0 Å². The summed E-state index contributed by atoms with van der Waals surface area (Å²) in [5.74, 6) is 0.628. The summed E-state index contributed by atoms with van der Waals surface area (Å²) >= 11 is 0. The first-order valence-corrected chi connectivity index (χ1v) is 8.51. The number of carbonyl (C=O) groups is 2. The van der Waals surface area contributed by atoms with Crippen molar-refractivity contribution >= 4 is 17.5 Å². The Morgan fingerprint density at radius 1 is 1.19 bits per heavy atom. The molecule has 1 N–H and O–H groups in total. The molecular weight excluding hydrogens is 332 g/mol. The minimum atomic E-state index is -0.759. The van der Waals surface area contributed by atoms with Crippen molar-refractivity contribution in [2.24, 2.45) is 0 Å². The zero-order chi connectivity index (χ0) is 18.7. The van der Waals surface area contributed by atoms with E-state index in [9.17, 15) is 9.59 Å². The van der Waals surface area contributed by atoms with E-state index < -0.39 is 12.2 Å². The summed E-state index contributed by atoms with van der Waals surface area (Å²) in [6.45, 7) is 3.83. The number of anilines is 1. The van der Waals surface area contributed by atoms with Gasteiger partial charge in [-0.15, -0.1) is 0 Å².